The maximum Gasteiger partial charge on any atom is 0.116 e. The van der Waals surface area contributed by atoms with Crippen LogP contribution in [0.1, 0.15) is 37.8 Å². The normalized spacial score (nSPS) is 11.3. The first-order valence-corrected chi connectivity index (χ1v) is 5.92. The highest BCUT2D eigenvalue weighted by Crippen LogP contribution is 2.28. The monoisotopic (exact) mass is 230 g/mol. The van der Waals surface area contributed by atoms with Crippen LogP contribution in [0, 0.1) is 0 Å². The topological polar surface area (TPSA) is 38.1 Å². The third-order valence-corrected chi connectivity index (χ3v) is 3.06. The van der Waals surface area contributed by atoms with Gasteiger partial charge in [0.15, 0.2) is 0 Å². The number of fused-ring (bicyclic) bond motifs is 1. The molecule has 0 amide bonds. The number of hydrogen-bond acceptors (Lipinski definition) is 2. The van der Waals surface area contributed by atoms with Crippen molar-refractivity contribution in [3.05, 3.63) is 36.0 Å². The van der Waals surface area contributed by atoms with E-state index < -0.39 is 0 Å². The highest BCUT2D eigenvalue weighted by molar-refractivity contribution is 5.90. The lowest BCUT2D eigenvalue weighted by molar-refractivity contribution is 0.514. The second-order valence-electron chi connectivity index (χ2n) is 4.56. The number of hydrogen-bond donors (Lipinski definition) is 1. The maximum absolute atomic E-state index is 9.68. The average molecular weight is 230 g/mol. The van der Waals surface area contributed by atoms with Gasteiger partial charge in [0.2, 0.25) is 0 Å². The molecule has 0 aliphatic carbocycles. The summed E-state index contributed by atoms with van der Waals surface area (Å²) in [7, 11) is 0. The smallest absolute Gasteiger partial charge is 0.116 e. The molecule has 1 aromatic carbocycles. The van der Waals surface area contributed by atoms with Crippen molar-refractivity contribution in [2.75, 3.05) is 0 Å². The van der Waals surface area contributed by atoms with Gasteiger partial charge < -0.3 is 5.11 Å². The van der Waals surface area contributed by atoms with Gasteiger partial charge >= 0.3 is 0 Å². The van der Waals surface area contributed by atoms with E-state index in [4.69, 9.17) is 0 Å². The zero-order valence-electron chi connectivity index (χ0n) is 10.6. The van der Waals surface area contributed by atoms with Crippen molar-refractivity contribution in [3.63, 3.8) is 0 Å². The number of aromatic nitrogens is 2. The van der Waals surface area contributed by atoms with Crippen molar-refractivity contribution in [2.24, 2.45) is 0 Å². The van der Waals surface area contributed by atoms with Crippen LogP contribution in [0.2, 0.25) is 0 Å². The van der Waals surface area contributed by atoms with E-state index in [0.717, 1.165) is 23.0 Å². The quantitative estimate of drug-likeness (QED) is 0.816. The van der Waals surface area contributed by atoms with Gasteiger partial charge in [-0.25, -0.2) is 0 Å². The van der Waals surface area contributed by atoms with Gasteiger partial charge in [-0.2, -0.15) is 5.10 Å². The molecule has 0 fully saturated rings. The fourth-order valence-corrected chi connectivity index (χ4v) is 2.02. The first-order valence-electron chi connectivity index (χ1n) is 5.92. The van der Waals surface area contributed by atoms with Gasteiger partial charge in [0.05, 0.1) is 11.7 Å². The lowest BCUT2D eigenvalue weighted by atomic mass is 9.97. The minimum atomic E-state index is 0.105. The molecule has 3 nitrogen and oxygen atoms in total. The van der Waals surface area contributed by atoms with Crippen LogP contribution >= 0.6 is 0 Å². The molecular weight excluding hydrogens is 212 g/mol. The third kappa shape index (κ3) is 1.93. The molecule has 0 saturated heterocycles. The van der Waals surface area contributed by atoms with Crippen molar-refractivity contribution in [2.45, 2.75) is 33.2 Å². The highest BCUT2D eigenvalue weighted by Gasteiger charge is 2.12. The van der Waals surface area contributed by atoms with Crippen LogP contribution in [0.5, 0.6) is 0 Å². The number of benzene rings is 1. The van der Waals surface area contributed by atoms with Gasteiger partial charge in [-0.3, -0.25) is 4.68 Å². The fraction of sp³-hybridized carbons (Fsp3) is 0.357. The highest BCUT2D eigenvalue weighted by atomic mass is 16.3. The van der Waals surface area contributed by atoms with E-state index >= 15 is 0 Å². The maximum atomic E-state index is 9.68. The Morgan fingerprint density at radius 1 is 1.47 bits per heavy atom. The van der Waals surface area contributed by atoms with E-state index in [1.807, 2.05) is 10.7 Å². The summed E-state index contributed by atoms with van der Waals surface area (Å²) in [6.07, 6.45) is 1.79. The summed E-state index contributed by atoms with van der Waals surface area (Å²) in [5, 5.41) is 15.0. The van der Waals surface area contributed by atoms with Gasteiger partial charge in [0, 0.05) is 17.5 Å². The molecule has 0 saturated carbocycles. The van der Waals surface area contributed by atoms with E-state index in [1.54, 1.807) is 6.20 Å². The molecule has 0 bridgehead atoms. The Hall–Kier alpha value is -1.77. The van der Waals surface area contributed by atoms with Crippen molar-refractivity contribution >= 4 is 16.7 Å². The summed E-state index contributed by atoms with van der Waals surface area (Å²) in [6.45, 7) is 10.8. The average Bonchev–Trinajstić information content (AvgIpc) is 2.69. The largest absolute Gasteiger partial charge is 0.508 e. The Labute approximate surface area is 101 Å². The van der Waals surface area contributed by atoms with Gasteiger partial charge in [0.25, 0.3) is 0 Å². The predicted molar refractivity (Wildman–Crippen MR) is 71.2 cm³/mol. The molecular formula is C14H18N2O. The van der Waals surface area contributed by atoms with E-state index in [-0.39, 0.29) is 5.76 Å². The Bertz CT molecular complexity index is 567. The molecule has 1 aromatic heterocycles. The Morgan fingerprint density at radius 2 is 2.18 bits per heavy atom. The lowest BCUT2D eigenvalue weighted by Crippen LogP contribution is -1.98. The first kappa shape index (κ1) is 11.7. The minimum absolute atomic E-state index is 0.105. The minimum Gasteiger partial charge on any atom is -0.508 e. The SMILES string of the molecule is C=C(O)c1cc(C(C)C)cc2c1cnn2CC. The molecule has 0 radical (unpaired) electrons. The third-order valence-electron chi connectivity index (χ3n) is 3.06. The molecule has 2 aromatic rings. The molecule has 0 aliphatic heterocycles. The molecule has 2 rings (SSSR count). The number of nitrogens with zero attached hydrogens (tertiary/aromatic N) is 2. The van der Waals surface area contributed by atoms with E-state index in [1.165, 1.54) is 5.56 Å². The summed E-state index contributed by atoms with van der Waals surface area (Å²) >= 11 is 0. The zero-order chi connectivity index (χ0) is 12.6. The van der Waals surface area contributed by atoms with Gasteiger partial charge in [-0.15, -0.1) is 0 Å². The molecule has 90 valence electrons. The molecule has 17 heavy (non-hydrogen) atoms. The van der Waals surface area contributed by atoms with Crippen LogP contribution in [0.4, 0.5) is 0 Å². The summed E-state index contributed by atoms with van der Waals surface area (Å²) in [5.41, 5.74) is 3.03. The van der Waals surface area contributed by atoms with Crippen molar-refractivity contribution in [1.82, 2.24) is 9.78 Å². The Kier molecular flexibility index (Phi) is 2.92. The molecule has 1 N–H and O–H groups in total. The van der Waals surface area contributed by atoms with E-state index in [0.29, 0.717) is 5.92 Å². The van der Waals surface area contributed by atoms with Gasteiger partial charge in [-0.05, 0) is 30.5 Å². The first-order chi connectivity index (χ1) is 8.04. The number of aliphatic hydroxyl groups excluding tert-OH is 1. The molecule has 0 aliphatic rings. The Morgan fingerprint density at radius 3 is 2.71 bits per heavy atom. The second kappa shape index (κ2) is 4.24. The molecule has 0 atom stereocenters. The van der Waals surface area contributed by atoms with Crippen LogP contribution in [0.3, 0.4) is 0 Å². The predicted octanol–water partition coefficient (Wildman–Crippen LogP) is 3.71. The molecule has 0 unspecified atom stereocenters. The fourth-order valence-electron chi connectivity index (χ4n) is 2.02. The van der Waals surface area contributed by atoms with Crippen LogP contribution in [-0.4, -0.2) is 14.9 Å². The lowest BCUT2D eigenvalue weighted by Gasteiger charge is -2.10. The molecule has 3 heteroatoms. The number of aryl methyl sites for hydroxylation is 1. The standard InChI is InChI=1S/C14H18N2O/c1-5-16-14-7-11(9(2)3)6-12(10(4)17)13(14)8-15-16/h6-9,17H,4-5H2,1-3H3. The van der Waals surface area contributed by atoms with E-state index in [2.05, 4.69) is 38.5 Å². The van der Waals surface area contributed by atoms with Crippen LogP contribution in [0.15, 0.2) is 24.9 Å². The van der Waals surface area contributed by atoms with Crippen molar-refractivity contribution in [1.29, 1.82) is 0 Å². The van der Waals surface area contributed by atoms with Gasteiger partial charge in [-0.1, -0.05) is 20.4 Å². The summed E-state index contributed by atoms with van der Waals surface area (Å²) in [6, 6.07) is 4.14. The molecule has 0 spiro atoms. The van der Waals surface area contributed by atoms with Gasteiger partial charge in [0.1, 0.15) is 5.76 Å². The summed E-state index contributed by atoms with van der Waals surface area (Å²) in [5.74, 6) is 0.519. The van der Waals surface area contributed by atoms with E-state index in [9.17, 15) is 5.11 Å². The second-order valence-corrected chi connectivity index (χ2v) is 4.56. The summed E-state index contributed by atoms with van der Waals surface area (Å²) in [4.78, 5) is 0. The van der Waals surface area contributed by atoms with Crippen molar-refractivity contribution in [3.8, 4) is 0 Å². The molecule has 1 heterocycles. The zero-order valence-corrected chi connectivity index (χ0v) is 10.6. The van der Waals surface area contributed by atoms with Crippen LogP contribution in [0.25, 0.3) is 16.7 Å². The number of rotatable bonds is 3. The van der Waals surface area contributed by atoms with Crippen LogP contribution in [-0.2, 0) is 6.54 Å². The van der Waals surface area contributed by atoms with Crippen LogP contribution < -0.4 is 0 Å². The van der Waals surface area contributed by atoms with Crippen molar-refractivity contribution < 1.29 is 5.11 Å². The number of aliphatic hydroxyl groups is 1. The Balaban J connectivity index is 2.78. The summed E-state index contributed by atoms with van der Waals surface area (Å²) < 4.78 is 1.94.